The number of hydrogen-bond donors (Lipinski definition) is 1. The highest BCUT2D eigenvalue weighted by atomic mass is 19.1. The summed E-state index contributed by atoms with van der Waals surface area (Å²) in [6, 6.07) is 0. The molecule has 0 bridgehead atoms. The standard InChI is InChI=1S/C13H16F2N2O2/c1-6-10(16)9(15)12(7(2)14)17-11(6)13(18)19-8-4-3-5-8/h7-8H,3-5H2,1-2H3,(H2,16,17). The van der Waals surface area contributed by atoms with Crippen LogP contribution in [0, 0.1) is 12.7 Å². The number of carbonyl (C=O) groups excluding carboxylic acids is 1. The van der Waals surface area contributed by atoms with Gasteiger partial charge in [-0.3, -0.25) is 0 Å². The van der Waals surface area contributed by atoms with Gasteiger partial charge < -0.3 is 10.5 Å². The third kappa shape index (κ3) is 2.52. The molecule has 0 spiro atoms. The zero-order valence-electron chi connectivity index (χ0n) is 10.9. The van der Waals surface area contributed by atoms with Crippen LogP contribution in [-0.2, 0) is 4.74 Å². The minimum absolute atomic E-state index is 0.106. The molecule has 1 aromatic heterocycles. The molecule has 1 aliphatic carbocycles. The normalized spacial score (nSPS) is 16.8. The highest BCUT2D eigenvalue weighted by Crippen LogP contribution is 2.28. The minimum Gasteiger partial charge on any atom is -0.458 e. The molecule has 0 radical (unpaired) electrons. The molecular formula is C13H16F2N2O2. The third-order valence-electron chi connectivity index (χ3n) is 3.35. The number of pyridine rings is 1. The van der Waals surface area contributed by atoms with Gasteiger partial charge in [-0.05, 0) is 33.1 Å². The van der Waals surface area contributed by atoms with Gasteiger partial charge >= 0.3 is 5.97 Å². The number of carbonyl (C=O) groups is 1. The van der Waals surface area contributed by atoms with Crippen molar-refractivity contribution in [3.63, 3.8) is 0 Å². The van der Waals surface area contributed by atoms with Gasteiger partial charge in [0.15, 0.2) is 11.5 Å². The number of ether oxygens (including phenoxy) is 1. The minimum atomic E-state index is -1.64. The summed E-state index contributed by atoms with van der Waals surface area (Å²) < 4.78 is 32.2. The predicted octanol–water partition coefficient (Wildman–Crippen LogP) is 2.85. The van der Waals surface area contributed by atoms with E-state index in [1.807, 2.05) is 0 Å². The van der Waals surface area contributed by atoms with Crippen LogP contribution in [0.25, 0.3) is 0 Å². The summed E-state index contributed by atoms with van der Waals surface area (Å²) in [4.78, 5) is 15.7. The first-order valence-corrected chi connectivity index (χ1v) is 6.22. The van der Waals surface area contributed by atoms with Crippen LogP contribution in [0.3, 0.4) is 0 Å². The van der Waals surface area contributed by atoms with Gasteiger partial charge in [-0.15, -0.1) is 0 Å². The number of alkyl halides is 1. The zero-order valence-corrected chi connectivity index (χ0v) is 10.9. The molecule has 4 nitrogen and oxygen atoms in total. The Morgan fingerprint density at radius 1 is 1.53 bits per heavy atom. The molecule has 1 fully saturated rings. The fraction of sp³-hybridized carbons (Fsp3) is 0.538. The second-order valence-electron chi connectivity index (χ2n) is 4.77. The molecule has 0 aliphatic heterocycles. The lowest BCUT2D eigenvalue weighted by molar-refractivity contribution is 0.00823. The van der Waals surface area contributed by atoms with Crippen molar-refractivity contribution < 1.29 is 18.3 Å². The molecule has 1 aromatic rings. The van der Waals surface area contributed by atoms with Gasteiger partial charge in [0.25, 0.3) is 0 Å². The Morgan fingerprint density at radius 2 is 2.16 bits per heavy atom. The van der Waals surface area contributed by atoms with Gasteiger partial charge in [0.1, 0.15) is 18.0 Å². The van der Waals surface area contributed by atoms with Crippen molar-refractivity contribution in [1.29, 1.82) is 0 Å². The molecule has 0 aromatic carbocycles. The molecule has 1 heterocycles. The number of rotatable bonds is 3. The van der Waals surface area contributed by atoms with Gasteiger partial charge in [0, 0.05) is 5.56 Å². The fourth-order valence-corrected chi connectivity index (χ4v) is 1.84. The average molecular weight is 270 g/mol. The number of hydrogen-bond acceptors (Lipinski definition) is 4. The molecule has 1 saturated carbocycles. The molecule has 6 heteroatoms. The van der Waals surface area contributed by atoms with Crippen LogP contribution in [0.1, 0.15) is 54.1 Å². The fourth-order valence-electron chi connectivity index (χ4n) is 1.84. The first kappa shape index (κ1) is 13.7. The van der Waals surface area contributed by atoms with Crippen LogP contribution < -0.4 is 5.73 Å². The Balaban J connectivity index is 2.35. The van der Waals surface area contributed by atoms with E-state index in [2.05, 4.69) is 4.98 Å². The molecule has 104 valence electrons. The maximum atomic E-state index is 13.7. The molecular weight excluding hydrogens is 254 g/mol. The summed E-state index contributed by atoms with van der Waals surface area (Å²) in [5, 5.41) is 0. The first-order valence-electron chi connectivity index (χ1n) is 6.22. The lowest BCUT2D eigenvalue weighted by Gasteiger charge is -2.25. The van der Waals surface area contributed by atoms with E-state index in [1.54, 1.807) is 0 Å². The number of nitrogen functional groups attached to an aromatic ring is 1. The Hall–Kier alpha value is -1.72. The monoisotopic (exact) mass is 270 g/mol. The van der Waals surface area contributed by atoms with Gasteiger partial charge in [0.2, 0.25) is 0 Å². The van der Waals surface area contributed by atoms with Crippen LogP contribution in [0.2, 0.25) is 0 Å². The van der Waals surface area contributed by atoms with Crippen LogP contribution >= 0.6 is 0 Å². The highest BCUT2D eigenvalue weighted by Gasteiger charge is 2.27. The highest BCUT2D eigenvalue weighted by molar-refractivity contribution is 5.90. The average Bonchev–Trinajstić information content (AvgIpc) is 2.30. The zero-order chi connectivity index (χ0) is 14.2. The largest absolute Gasteiger partial charge is 0.458 e. The number of halogens is 2. The van der Waals surface area contributed by atoms with E-state index >= 15 is 0 Å². The number of esters is 1. The third-order valence-corrected chi connectivity index (χ3v) is 3.35. The van der Waals surface area contributed by atoms with Crippen LogP contribution in [0.4, 0.5) is 14.5 Å². The van der Waals surface area contributed by atoms with Gasteiger partial charge in [-0.1, -0.05) is 0 Å². The summed E-state index contributed by atoms with van der Waals surface area (Å²) in [7, 11) is 0. The van der Waals surface area contributed by atoms with E-state index in [-0.39, 0.29) is 23.0 Å². The molecule has 0 saturated heterocycles. The van der Waals surface area contributed by atoms with E-state index in [0.717, 1.165) is 26.2 Å². The smallest absolute Gasteiger partial charge is 0.357 e. The summed E-state index contributed by atoms with van der Waals surface area (Å²) in [6.45, 7) is 2.61. The van der Waals surface area contributed by atoms with Crippen molar-refractivity contribution in [1.82, 2.24) is 4.98 Å². The van der Waals surface area contributed by atoms with Crippen LogP contribution in [0.15, 0.2) is 0 Å². The topological polar surface area (TPSA) is 65.2 Å². The summed E-state index contributed by atoms with van der Waals surface area (Å²) in [5.74, 6) is -1.58. The van der Waals surface area contributed by atoms with Crippen LogP contribution in [0.5, 0.6) is 0 Å². The van der Waals surface area contributed by atoms with E-state index in [0.29, 0.717) is 0 Å². The van der Waals surface area contributed by atoms with Gasteiger partial charge in [0.05, 0.1) is 5.69 Å². The molecule has 0 amide bonds. The molecule has 1 unspecified atom stereocenters. The lowest BCUT2D eigenvalue weighted by atomic mass is 9.96. The van der Waals surface area contributed by atoms with E-state index in [9.17, 15) is 13.6 Å². The Labute approximate surface area is 110 Å². The van der Waals surface area contributed by atoms with Crippen molar-refractivity contribution >= 4 is 11.7 Å². The number of nitrogens with two attached hydrogens (primary N) is 1. The molecule has 2 N–H and O–H groups in total. The Kier molecular flexibility index (Phi) is 3.68. The van der Waals surface area contributed by atoms with E-state index in [1.165, 1.54) is 6.92 Å². The van der Waals surface area contributed by atoms with Crippen molar-refractivity contribution in [2.75, 3.05) is 5.73 Å². The van der Waals surface area contributed by atoms with Crippen molar-refractivity contribution in [3.05, 3.63) is 22.8 Å². The van der Waals surface area contributed by atoms with Crippen molar-refractivity contribution in [2.45, 2.75) is 45.4 Å². The van der Waals surface area contributed by atoms with Crippen LogP contribution in [-0.4, -0.2) is 17.1 Å². The van der Waals surface area contributed by atoms with Gasteiger partial charge in [-0.25, -0.2) is 18.6 Å². The van der Waals surface area contributed by atoms with Crippen molar-refractivity contribution in [2.24, 2.45) is 0 Å². The van der Waals surface area contributed by atoms with Gasteiger partial charge in [-0.2, -0.15) is 0 Å². The number of anilines is 1. The number of aromatic nitrogens is 1. The molecule has 2 rings (SSSR count). The van der Waals surface area contributed by atoms with E-state index in [4.69, 9.17) is 10.5 Å². The van der Waals surface area contributed by atoms with Crippen molar-refractivity contribution in [3.8, 4) is 0 Å². The Morgan fingerprint density at radius 3 is 2.63 bits per heavy atom. The second-order valence-corrected chi connectivity index (χ2v) is 4.77. The first-order chi connectivity index (χ1) is 8.91. The van der Waals surface area contributed by atoms with E-state index < -0.39 is 23.7 Å². The molecule has 1 aliphatic rings. The molecule has 1 atom stereocenters. The summed E-state index contributed by atoms with van der Waals surface area (Å²) in [6.07, 6.45) is 0.883. The quantitative estimate of drug-likeness (QED) is 0.858. The predicted molar refractivity (Wildman–Crippen MR) is 65.9 cm³/mol. The maximum absolute atomic E-state index is 13.7. The summed E-state index contributed by atoms with van der Waals surface area (Å²) >= 11 is 0. The summed E-state index contributed by atoms with van der Waals surface area (Å²) in [5.41, 5.74) is 4.92. The second kappa shape index (κ2) is 5.11. The molecule has 19 heavy (non-hydrogen) atoms. The maximum Gasteiger partial charge on any atom is 0.357 e. The lowest BCUT2D eigenvalue weighted by Crippen LogP contribution is -2.26. The SMILES string of the molecule is Cc1c(C(=O)OC2CCC2)nc(C(C)F)c(F)c1N. The number of nitrogens with zero attached hydrogens (tertiary/aromatic N) is 1. The Bertz CT molecular complexity index is 514.